The summed E-state index contributed by atoms with van der Waals surface area (Å²) in [5.74, 6) is 0.714. The maximum Gasteiger partial charge on any atom is 0.226 e. The molecular weight excluding hydrogens is 252 g/mol. The van der Waals surface area contributed by atoms with Crippen molar-refractivity contribution in [2.24, 2.45) is 11.3 Å². The summed E-state index contributed by atoms with van der Waals surface area (Å²) in [6.07, 6.45) is 4.77. The van der Waals surface area contributed by atoms with Gasteiger partial charge in [0.05, 0.1) is 6.10 Å². The molecule has 3 rings (SSSR count). The molecule has 2 saturated heterocycles. The molecule has 0 aromatic rings. The molecule has 2 aliphatic heterocycles. The van der Waals surface area contributed by atoms with Gasteiger partial charge in [0, 0.05) is 26.1 Å². The van der Waals surface area contributed by atoms with Crippen LogP contribution in [0.4, 0.5) is 0 Å². The molecule has 2 heterocycles. The zero-order chi connectivity index (χ0) is 11.9. The Morgan fingerprint density at radius 1 is 1.39 bits per heavy atom. The third kappa shape index (κ3) is 2.38. The van der Waals surface area contributed by atoms with E-state index in [4.69, 9.17) is 4.74 Å². The number of rotatable bonds is 2. The highest BCUT2D eigenvalue weighted by atomic mass is 35.5. The molecule has 1 saturated carbocycles. The first-order chi connectivity index (χ1) is 8.25. The van der Waals surface area contributed by atoms with Crippen molar-refractivity contribution in [3.8, 4) is 0 Å². The minimum Gasteiger partial charge on any atom is -0.380 e. The highest BCUT2D eigenvalue weighted by Gasteiger charge is 2.58. The molecule has 3 aliphatic rings. The van der Waals surface area contributed by atoms with Crippen LogP contribution in [0.1, 0.15) is 25.7 Å². The Labute approximate surface area is 115 Å². The maximum atomic E-state index is 12.4. The largest absolute Gasteiger partial charge is 0.380 e. The Balaban J connectivity index is 0.00000120. The van der Waals surface area contributed by atoms with Crippen molar-refractivity contribution in [1.82, 2.24) is 10.2 Å². The van der Waals surface area contributed by atoms with Gasteiger partial charge < -0.3 is 15.0 Å². The summed E-state index contributed by atoms with van der Waals surface area (Å²) in [7, 11) is 1.74. The first-order valence-corrected chi connectivity index (χ1v) is 6.77. The molecule has 1 amide bonds. The number of piperidine rings is 1. The van der Waals surface area contributed by atoms with E-state index in [0.717, 1.165) is 39.0 Å². The van der Waals surface area contributed by atoms with E-state index in [9.17, 15) is 4.79 Å². The van der Waals surface area contributed by atoms with Gasteiger partial charge in [-0.1, -0.05) is 0 Å². The van der Waals surface area contributed by atoms with E-state index >= 15 is 0 Å². The Kier molecular flexibility index (Phi) is 4.19. The zero-order valence-corrected chi connectivity index (χ0v) is 11.8. The van der Waals surface area contributed by atoms with Gasteiger partial charge in [-0.2, -0.15) is 0 Å². The van der Waals surface area contributed by atoms with Gasteiger partial charge in [-0.3, -0.25) is 4.79 Å². The standard InChI is InChI=1S/C13H22N2O2.ClH/c1-17-10-2-7-15(9-10)12(16)11-8-13(11)3-5-14-6-4-13;/h10-11,14H,2-9H2,1H3;1H/t10-,11?;/m1./s1. The second kappa shape index (κ2) is 5.35. The summed E-state index contributed by atoms with van der Waals surface area (Å²) in [4.78, 5) is 14.4. The number of carbonyl (C=O) groups is 1. The number of nitrogens with one attached hydrogen (secondary N) is 1. The zero-order valence-electron chi connectivity index (χ0n) is 11.0. The number of hydrogen-bond acceptors (Lipinski definition) is 3. The summed E-state index contributed by atoms with van der Waals surface area (Å²) in [5.41, 5.74) is 0.369. The van der Waals surface area contributed by atoms with Crippen molar-refractivity contribution in [2.75, 3.05) is 33.3 Å². The number of hydrogen-bond donors (Lipinski definition) is 1. The van der Waals surface area contributed by atoms with E-state index in [1.54, 1.807) is 7.11 Å². The van der Waals surface area contributed by atoms with Gasteiger partial charge in [0.2, 0.25) is 5.91 Å². The topological polar surface area (TPSA) is 41.6 Å². The van der Waals surface area contributed by atoms with Crippen molar-refractivity contribution in [2.45, 2.75) is 31.8 Å². The second-order valence-electron chi connectivity index (χ2n) is 5.80. The molecule has 18 heavy (non-hydrogen) atoms. The van der Waals surface area contributed by atoms with Crippen molar-refractivity contribution >= 4 is 18.3 Å². The monoisotopic (exact) mass is 274 g/mol. The van der Waals surface area contributed by atoms with E-state index < -0.39 is 0 Å². The lowest BCUT2D eigenvalue weighted by atomic mass is 9.91. The predicted octanol–water partition coefficient (Wildman–Crippen LogP) is 1.05. The molecular formula is C13H23ClN2O2. The van der Waals surface area contributed by atoms with Gasteiger partial charge in [0.1, 0.15) is 0 Å². The molecule has 1 spiro atoms. The summed E-state index contributed by atoms with van der Waals surface area (Å²) in [5, 5.41) is 3.38. The van der Waals surface area contributed by atoms with Crippen molar-refractivity contribution in [3.05, 3.63) is 0 Å². The van der Waals surface area contributed by atoms with E-state index in [0.29, 0.717) is 17.2 Å². The van der Waals surface area contributed by atoms with Crippen LogP contribution in [0.15, 0.2) is 0 Å². The number of halogens is 1. The highest BCUT2D eigenvalue weighted by Crippen LogP contribution is 2.59. The third-order valence-corrected chi connectivity index (χ3v) is 4.88. The maximum absolute atomic E-state index is 12.4. The Morgan fingerprint density at radius 2 is 2.11 bits per heavy atom. The quantitative estimate of drug-likeness (QED) is 0.818. The van der Waals surface area contributed by atoms with Gasteiger partial charge in [-0.05, 0) is 44.2 Å². The average molecular weight is 275 g/mol. The van der Waals surface area contributed by atoms with Gasteiger partial charge in [-0.25, -0.2) is 0 Å². The smallest absolute Gasteiger partial charge is 0.226 e. The molecule has 3 fully saturated rings. The van der Waals surface area contributed by atoms with Crippen LogP contribution < -0.4 is 5.32 Å². The van der Waals surface area contributed by atoms with E-state index in [1.807, 2.05) is 4.90 Å². The molecule has 0 bridgehead atoms. The SMILES string of the molecule is CO[C@@H]1CCN(C(=O)C2CC23CCNCC3)C1.Cl. The lowest BCUT2D eigenvalue weighted by Crippen LogP contribution is -2.36. The van der Waals surface area contributed by atoms with Crippen LogP contribution in [0.5, 0.6) is 0 Å². The van der Waals surface area contributed by atoms with Crippen LogP contribution in [0.2, 0.25) is 0 Å². The number of methoxy groups -OCH3 is 1. The fraction of sp³-hybridized carbons (Fsp3) is 0.923. The first kappa shape index (κ1) is 14.1. The molecule has 0 aromatic carbocycles. The normalized spacial score (nSPS) is 33.3. The summed E-state index contributed by atoms with van der Waals surface area (Å²) >= 11 is 0. The van der Waals surface area contributed by atoms with Crippen molar-refractivity contribution < 1.29 is 9.53 Å². The molecule has 0 aromatic heterocycles. The van der Waals surface area contributed by atoms with E-state index in [1.165, 1.54) is 12.8 Å². The number of carbonyl (C=O) groups excluding carboxylic acids is 1. The Morgan fingerprint density at radius 3 is 2.72 bits per heavy atom. The van der Waals surface area contributed by atoms with E-state index in [2.05, 4.69) is 5.32 Å². The van der Waals surface area contributed by atoms with Gasteiger partial charge in [-0.15, -0.1) is 12.4 Å². The molecule has 1 aliphatic carbocycles. The van der Waals surface area contributed by atoms with Crippen LogP contribution >= 0.6 is 12.4 Å². The fourth-order valence-corrected chi connectivity index (χ4v) is 3.52. The summed E-state index contributed by atoms with van der Waals surface area (Å²) < 4.78 is 5.32. The number of likely N-dealkylation sites (tertiary alicyclic amines) is 1. The van der Waals surface area contributed by atoms with Gasteiger partial charge in [0.25, 0.3) is 0 Å². The van der Waals surface area contributed by atoms with Crippen LogP contribution in [0, 0.1) is 11.3 Å². The fourth-order valence-electron chi connectivity index (χ4n) is 3.52. The molecule has 0 radical (unpaired) electrons. The number of nitrogens with zero attached hydrogens (tertiary/aromatic N) is 1. The average Bonchev–Trinajstić information content (AvgIpc) is 2.86. The lowest BCUT2D eigenvalue weighted by molar-refractivity contribution is -0.133. The lowest BCUT2D eigenvalue weighted by Gasteiger charge is -2.25. The Bertz CT molecular complexity index is 318. The molecule has 4 nitrogen and oxygen atoms in total. The number of amides is 1. The third-order valence-electron chi connectivity index (χ3n) is 4.88. The molecule has 5 heteroatoms. The van der Waals surface area contributed by atoms with Gasteiger partial charge >= 0.3 is 0 Å². The van der Waals surface area contributed by atoms with Crippen molar-refractivity contribution in [1.29, 1.82) is 0 Å². The van der Waals surface area contributed by atoms with Crippen molar-refractivity contribution in [3.63, 3.8) is 0 Å². The van der Waals surface area contributed by atoms with E-state index in [-0.39, 0.29) is 18.5 Å². The van der Waals surface area contributed by atoms with Gasteiger partial charge in [0.15, 0.2) is 0 Å². The molecule has 1 N–H and O–H groups in total. The Hall–Kier alpha value is -0.320. The highest BCUT2D eigenvalue weighted by molar-refractivity contribution is 5.85. The predicted molar refractivity (Wildman–Crippen MR) is 71.9 cm³/mol. The first-order valence-electron chi connectivity index (χ1n) is 6.77. The minimum atomic E-state index is 0. The van der Waals surface area contributed by atoms with Crippen LogP contribution in [0.3, 0.4) is 0 Å². The number of ether oxygens (including phenoxy) is 1. The summed E-state index contributed by atoms with van der Waals surface area (Å²) in [6, 6.07) is 0. The molecule has 2 atom stereocenters. The van der Waals surface area contributed by atoms with Crippen LogP contribution in [0.25, 0.3) is 0 Å². The van der Waals surface area contributed by atoms with Crippen LogP contribution in [-0.2, 0) is 9.53 Å². The van der Waals surface area contributed by atoms with Crippen LogP contribution in [-0.4, -0.2) is 50.2 Å². The summed E-state index contributed by atoms with van der Waals surface area (Å²) in [6.45, 7) is 3.87. The molecule has 1 unspecified atom stereocenters. The minimum absolute atomic E-state index is 0. The second-order valence-corrected chi connectivity index (χ2v) is 5.80. The molecule has 104 valence electrons.